The Balaban J connectivity index is 0.000000377. The highest BCUT2D eigenvalue weighted by Gasteiger charge is 2.72. The van der Waals surface area contributed by atoms with Gasteiger partial charge in [-0.2, -0.15) is 13.2 Å². The van der Waals surface area contributed by atoms with E-state index in [-0.39, 0.29) is 0 Å². The summed E-state index contributed by atoms with van der Waals surface area (Å²) in [7, 11) is 0. The number of carboxylic acids is 3. The second kappa shape index (κ2) is 10.9. The van der Waals surface area contributed by atoms with E-state index in [0.717, 1.165) is 0 Å². The van der Waals surface area contributed by atoms with E-state index < -0.39 is 47.4 Å². The zero-order chi connectivity index (χ0) is 25.4. The van der Waals surface area contributed by atoms with Gasteiger partial charge in [-0.1, -0.05) is 60.7 Å². The number of halogens is 3. The molecule has 2 aromatic rings. The van der Waals surface area contributed by atoms with E-state index in [4.69, 9.17) is 15.3 Å². The van der Waals surface area contributed by atoms with Gasteiger partial charge in [0.15, 0.2) is 5.92 Å². The van der Waals surface area contributed by atoms with Crippen LogP contribution in [0.4, 0.5) is 13.2 Å². The normalized spacial score (nSPS) is 11.9. The van der Waals surface area contributed by atoms with Gasteiger partial charge in [-0.3, -0.25) is 19.2 Å². The first-order valence-corrected chi connectivity index (χ1v) is 8.85. The van der Waals surface area contributed by atoms with Crippen LogP contribution in [-0.4, -0.2) is 51.3 Å². The zero-order valence-electron chi connectivity index (χ0n) is 16.8. The van der Waals surface area contributed by atoms with Gasteiger partial charge in [0.2, 0.25) is 0 Å². The molecule has 33 heavy (non-hydrogen) atoms. The number of carbonyl (C=O) groups excluding carboxylic acids is 2. The van der Waals surface area contributed by atoms with E-state index >= 15 is 0 Å². The molecule has 0 radical (unpaired) electrons. The van der Waals surface area contributed by atoms with E-state index in [1.807, 2.05) is 12.1 Å². The maximum atomic E-state index is 12.7. The average Bonchev–Trinajstić information content (AvgIpc) is 2.71. The number of esters is 2. The Labute approximate surface area is 184 Å². The molecule has 9 nitrogen and oxygen atoms in total. The van der Waals surface area contributed by atoms with Gasteiger partial charge in [0.05, 0.1) is 0 Å². The second-order valence-electron chi connectivity index (χ2n) is 6.34. The van der Waals surface area contributed by atoms with Crippen LogP contribution in [0.15, 0.2) is 60.7 Å². The van der Waals surface area contributed by atoms with Crippen LogP contribution in [0.2, 0.25) is 0 Å². The lowest BCUT2D eigenvalue weighted by atomic mass is 9.74. The first kappa shape index (κ1) is 26.8. The van der Waals surface area contributed by atoms with Crippen molar-refractivity contribution in [3.63, 3.8) is 0 Å². The summed E-state index contributed by atoms with van der Waals surface area (Å²) in [6.07, 6.45) is -5.92. The van der Waals surface area contributed by atoms with Crippen LogP contribution in [0.25, 0.3) is 11.1 Å². The second-order valence-corrected chi connectivity index (χ2v) is 6.34. The minimum atomic E-state index is -5.92. The van der Waals surface area contributed by atoms with Gasteiger partial charge in [0.25, 0.3) is 5.41 Å². The Hall–Kier alpha value is -4.22. The van der Waals surface area contributed by atoms with Crippen LogP contribution in [0.3, 0.4) is 0 Å². The monoisotopic (exact) mass is 470 g/mol. The highest BCUT2D eigenvalue weighted by atomic mass is 19.4. The molecule has 0 aliphatic carbocycles. The average molecular weight is 470 g/mol. The number of benzene rings is 2. The molecule has 1 unspecified atom stereocenters. The summed E-state index contributed by atoms with van der Waals surface area (Å²) in [5, 5.41) is 25.9. The van der Waals surface area contributed by atoms with Crippen LogP contribution in [-0.2, 0) is 28.7 Å². The minimum absolute atomic E-state index is 0.482. The molecule has 2 rings (SSSR count). The molecule has 0 spiro atoms. The molecule has 0 saturated heterocycles. The number of rotatable bonds is 6. The Bertz CT molecular complexity index is 967. The number of hydrogen-bond acceptors (Lipinski definition) is 6. The Morgan fingerprint density at radius 1 is 0.758 bits per heavy atom. The number of alkyl halides is 3. The number of aliphatic carboxylic acids is 3. The Morgan fingerprint density at radius 2 is 1.12 bits per heavy atom. The topological polar surface area (TPSA) is 155 Å². The summed E-state index contributed by atoms with van der Waals surface area (Å²) in [6, 6.07) is 20.8. The molecule has 0 saturated carbocycles. The van der Waals surface area contributed by atoms with Crippen LogP contribution < -0.4 is 0 Å². The van der Waals surface area contributed by atoms with E-state index in [9.17, 15) is 37.1 Å². The molecular weight excluding hydrogens is 453 g/mol. The maximum absolute atomic E-state index is 12.7. The van der Waals surface area contributed by atoms with Crippen LogP contribution in [0, 0.1) is 11.3 Å². The predicted octanol–water partition coefficient (Wildman–Crippen LogP) is 2.85. The SMILES string of the molecule is CC(=O)OC(=O)C(C(=O)O)(C(=O)O)C(C(=O)O)C(F)(F)F.c1ccc(-c2ccccc2)cc1. The third-order valence-corrected chi connectivity index (χ3v) is 4.12. The Kier molecular flexibility index (Phi) is 8.85. The quantitative estimate of drug-likeness (QED) is 0.427. The highest BCUT2D eigenvalue weighted by molar-refractivity contribution is 6.20. The first-order valence-electron chi connectivity index (χ1n) is 8.85. The first-order chi connectivity index (χ1) is 15.3. The summed E-state index contributed by atoms with van der Waals surface area (Å²) in [6.45, 7) is 0.482. The number of carbonyl (C=O) groups is 5. The molecule has 0 bridgehead atoms. The summed E-state index contributed by atoms with van der Waals surface area (Å²) < 4.78 is 41.6. The number of ether oxygens (including phenoxy) is 1. The maximum Gasteiger partial charge on any atom is 0.404 e. The van der Waals surface area contributed by atoms with Gasteiger partial charge in [0, 0.05) is 6.92 Å². The van der Waals surface area contributed by atoms with Crippen molar-refractivity contribution in [3.05, 3.63) is 60.7 Å². The third kappa shape index (κ3) is 6.38. The van der Waals surface area contributed by atoms with Gasteiger partial charge in [0.1, 0.15) is 0 Å². The van der Waals surface area contributed by atoms with Gasteiger partial charge in [-0.15, -0.1) is 0 Å². The molecule has 12 heteroatoms. The van der Waals surface area contributed by atoms with E-state index in [1.54, 1.807) is 0 Å². The van der Waals surface area contributed by atoms with Gasteiger partial charge < -0.3 is 20.1 Å². The fourth-order valence-electron chi connectivity index (χ4n) is 2.67. The number of carboxylic acid groups (broad SMARTS) is 3. The molecule has 0 fully saturated rings. The van der Waals surface area contributed by atoms with Gasteiger partial charge >= 0.3 is 36.0 Å². The summed E-state index contributed by atoms with van der Waals surface area (Å²) >= 11 is 0. The smallest absolute Gasteiger partial charge is 0.404 e. The molecule has 176 valence electrons. The van der Waals surface area contributed by atoms with E-state index in [2.05, 4.69) is 53.3 Å². The molecule has 1 atom stereocenters. The molecule has 3 N–H and O–H groups in total. The molecular formula is C21H17F3O9. The van der Waals surface area contributed by atoms with Gasteiger partial charge in [-0.25, -0.2) is 4.79 Å². The summed E-state index contributed by atoms with van der Waals surface area (Å²) in [5.41, 5.74) is -2.01. The van der Waals surface area contributed by atoms with E-state index in [1.165, 1.54) is 11.1 Å². The summed E-state index contributed by atoms with van der Waals surface area (Å²) in [5.74, 6) is -17.3. The molecule has 0 aromatic heterocycles. The molecule has 0 heterocycles. The van der Waals surface area contributed by atoms with Crippen LogP contribution in [0.5, 0.6) is 0 Å². The lowest BCUT2D eigenvalue weighted by Crippen LogP contribution is -2.59. The largest absolute Gasteiger partial charge is 0.481 e. The predicted molar refractivity (Wildman–Crippen MR) is 104 cm³/mol. The minimum Gasteiger partial charge on any atom is -0.481 e. The lowest BCUT2D eigenvalue weighted by molar-refractivity contribution is -0.231. The molecule has 0 amide bonds. The van der Waals surface area contributed by atoms with Gasteiger partial charge in [-0.05, 0) is 11.1 Å². The van der Waals surface area contributed by atoms with Crippen molar-refractivity contribution in [2.45, 2.75) is 13.1 Å². The van der Waals surface area contributed by atoms with Crippen molar-refractivity contribution >= 4 is 29.8 Å². The third-order valence-electron chi connectivity index (χ3n) is 4.12. The van der Waals surface area contributed by atoms with Crippen molar-refractivity contribution in [1.82, 2.24) is 0 Å². The van der Waals surface area contributed by atoms with Crippen molar-refractivity contribution < 1.29 is 57.2 Å². The zero-order valence-corrected chi connectivity index (χ0v) is 16.8. The van der Waals surface area contributed by atoms with Crippen molar-refractivity contribution in [2.75, 3.05) is 0 Å². The van der Waals surface area contributed by atoms with E-state index in [0.29, 0.717) is 6.92 Å². The lowest BCUT2D eigenvalue weighted by Gasteiger charge is -2.29. The summed E-state index contributed by atoms with van der Waals surface area (Å²) in [4.78, 5) is 54.4. The molecule has 0 aliphatic rings. The molecule has 0 aliphatic heterocycles. The standard InChI is InChI=1S/C12H10.C9H7F3O9/c1-3-7-11(8-4-1)12-9-5-2-6-10-12;1-2(13)21-7(20)8(5(16)17,6(18)19)3(4(14)15)9(10,11)12/h1-10H;3H,1H3,(H,14,15)(H,16,17)(H,18,19). The fourth-order valence-corrected chi connectivity index (χ4v) is 2.67. The van der Waals surface area contributed by atoms with Crippen molar-refractivity contribution in [3.8, 4) is 11.1 Å². The fraction of sp³-hybridized carbons (Fsp3) is 0.190. The van der Waals surface area contributed by atoms with Crippen molar-refractivity contribution in [1.29, 1.82) is 0 Å². The highest BCUT2D eigenvalue weighted by Crippen LogP contribution is 2.42. The Morgan fingerprint density at radius 3 is 1.36 bits per heavy atom. The van der Waals surface area contributed by atoms with Crippen LogP contribution >= 0.6 is 0 Å². The van der Waals surface area contributed by atoms with Crippen LogP contribution in [0.1, 0.15) is 6.92 Å². The molecule has 2 aromatic carbocycles. The van der Waals surface area contributed by atoms with Crippen molar-refractivity contribution in [2.24, 2.45) is 11.3 Å². The number of hydrogen-bond donors (Lipinski definition) is 3.